The van der Waals surface area contributed by atoms with Gasteiger partial charge in [-0.15, -0.1) is 0 Å². The molecule has 0 radical (unpaired) electrons. The van der Waals surface area contributed by atoms with Gasteiger partial charge in [-0.05, 0) is 59.8 Å². The summed E-state index contributed by atoms with van der Waals surface area (Å²) in [6, 6.07) is 21.9. The number of carbonyl (C=O) groups excluding carboxylic acids is 2. The highest BCUT2D eigenvalue weighted by molar-refractivity contribution is 7.80. The lowest BCUT2D eigenvalue weighted by Gasteiger charge is -2.28. The number of ether oxygens (including phenoxy) is 1. The highest BCUT2D eigenvalue weighted by atomic mass is 35.5. The van der Waals surface area contributed by atoms with Crippen LogP contribution in [0.1, 0.15) is 5.56 Å². The first-order valence-corrected chi connectivity index (χ1v) is 10.2. The van der Waals surface area contributed by atoms with Crippen LogP contribution in [0.15, 0.2) is 78.4 Å². The number of methoxy groups -OCH3 is 1. The van der Waals surface area contributed by atoms with Gasteiger partial charge in [-0.25, -0.2) is 0 Å². The van der Waals surface area contributed by atoms with Crippen LogP contribution in [0.2, 0.25) is 5.02 Å². The minimum atomic E-state index is -0.533. The van der Waals surface area contributed by atoms with Gasteiger partial charge in [-0.1, -0.05) is 54.1 Å². The first-order chi connectivity index (χ1) is 15.0. The van der Waals surface area contributed by atoms with Gasteiger partial charge in [0.15, 0.2) is 5.11 Å². The van der Waals surface area contributed by atoms with Gasteiger partial charge in [0.1, 0.15) is 11.3 Å². The number of halogens is 1. The van der Waals surface area contributed by atoms with Crippen molar-refractivity contribution in [1.29, 1.82) is 0 Å². The number of thiocarbonyl (C=S) groups is 1. The molecule has 7 heteroatoms. The third kappa shape index (κ3) is 4.21. The van der Waals surface area contributed by atoms with Crippen LogP contribution in [-0.4, -0.2) is 24.0 Å². The number of para-hydroxylation sites is 1. The maximum Gasteiger partial charge on any atom is 0.270 e. The molecule has 1 aliphatic rings. The number of benzene rings is 3. The van der Waals surface area contributed by atoms with Gasteiger partial charge < -0.3 is 4.74 Å². The van der Waals surface area contributed by atoms with Crippen LogP contribution in [0.25, 0.3) is 17.2 Å². The maximum atomic E-state index is 13.1. The van der Waals surface area contributed by atoms with Gasteiger partial charge in [-0.2, -0.15) is 0 Å². The predicted molar refractivity (Wildman–Crippen MR) is 126 cm³/mol. The molecule has 0 bridgehead atoms. The maximum absolute atomic E-state index is 13.1. The Balaban J connectivity index is 1.65. The second kappa shape index (κ2) is 8.71. The molecule has 1 saturated heterocycles. The minimum Gasteiger partial charge on any atom is -0.496 e. The number of amides is 2. The molecule has 154 valence electrons. The summed E-state index contributed by atoms with van der Waals surface area (Å²) < 4.78 is 5.42. The van der Waals surface area contributed by atoms with Gasteiger partial charge in [0, 0.05) is 10.6 Å². The topological polar surface area (TPSA) is 58.6 Å². The largest absolute Gasteiger partial charge is 0.496 e. The summed E-state index contributed by atoms with van der Waals surface area (Å²) in [5, 5.41) is 3.14. The SMILES string of the molecule is COc1ccccc1-c1ccc(C=C2C(=O)NC(=S)N(c3ccc(Cl)cc3)C2=O)cc1. The van der Waals surface area contributed by atoms with Crippen molar-refractivity contribution in [2.75, 3.05) is 12.0 Å². The number of rotatable bonds is 4. The molecular weight excluding hydrogens is 432 g/mol. The molecule has 0 aliphatic carbocycles. The summed E-state index contributed by atoms with van der Waals surface area (Å²) in [6.45, 7) is 0. The van der Waals surface area contributed by atoms with Gasteiger partial charge in [0.25, 0.3) is 11.8 Å². The number of hydrogen-bond donors (Lipinski definition) is 1. The van der Waals surface area contributed by atoms with Crippen LogP contribution >= 0.6 is 23.8 Å². The number of carbonyl (C=O) groups is 2. The minimum absolute atomic E-state index is 0.00593. The van der Waals surface area contributed by atoms with E-state index in [1.165, 1.54) is 4.90 Å². The van der Waals surface area contributed by atoms with Crippen LogP contribution in [-0.2, 0) is 9.59 Å². The van der Waals surface area contributed by atoms with Crippen molar-refractivity contribution in [3.63, 3.8) is 0 Å². The molecule has 2 amide bonds. The number of hydrogen-bond acceptors (Lipinski definition) is 4. The fraction of sp³-hybridized carbons (Fsp3) is 0.0417. The van der Waals surface area contributed by atoms with E-state index in [9.17, 15) is 9.59 Å². The molecule has 0 aromatic heterocycles. The summed E-state index contributed by atoms with van der Waals surface area (Å²) in [5.41, 5.74) is 3.14. The normalized spacial score (nSPS) is 15.2. The Hall–Kier alpha value is -3.48. The summed E-state index contributed by atoms with van der Waals surface area (Å²) in [7, 11) is 1.63. The zero-order valence-electron chi connectivity index (χ0n) is 16.5. The van der Waals surface area contributed by atoms with Crippen molar-refractivity contribution in [2.45, 2.75) is 0 Å². The van der Waals surface area contributed by atoms with E-state index < -0.39 is 11.8 Å². The Morgan fingerprint density at radius 1 is 0.968 bits per heavy atom. The third-order valence-corrected chi connectivity index (χ3v) is 5.36. The quantitative estimate of drug-likeness (QED) is 0.352. The predicted octanol–water partition coefficient (Wildman–Crippen LogP) is 4.85. The van der Waals surface area contributed by atoms with E-state index in [0.717, 1.165) is 16.9 Å². The molecule has 3 aromatic rings. The molecule has 5 nitrogen and oxygen atoms in total. The lowest BCUT2D eigenvalue weighted by Crippen LogP contribution is -2.54. The molecule has 0 saturated carbocycles. The van der Waals surface area contributed by atoms with Crippen molar-refractivity contribution in [3.8, 4) is 16.9 Å². The standard InChI is InChI=1S/C24H17ClN2O3S/c1-30-21-5-3-2-4-19(21)16-8-6-15(7-9-16)14-20-22(28)26-24(31)27(23(20)29)18-12-10-17(25)11-13-18/h2-14H,1H3,(H,26,28,31). The van der Waals surface area contributed by atoms with Crippen molar-refractivity contribution in [2.24, 2.45) is 0 Å². The van der Waals surface area contributed by atoms with E-state index >= 15 is 0 Å². The zero-order valence-corrected chi connectivity index (χ0v) is 18.0. The Labute approximate surface area is 189 Å². The average molecular weight is 449 g/mol. The summed E-state index contributed by atoms with van der Waals surface area (Å²) in [4.78, 5) is 26.8. The molecule has 4 rings (SSSR count). The summed E-state index contributed by atoms with van der Waals surface area (Å²) in [5.74, 6) is -0.263. The fourth-order valence-electron chi connectivity index (χ4n) is 3.29. The molecule has 3 aromatic carbocycles. The third-order valence-electron chi connectivity index (χ3n) is 4.83. The van der Waals surface area contributed by atoms with Gasteiger partial charge in [0.05, 0.1) is 12.8 Å². The average Bonchev–Trinajstić information content (AvgIpc) is 2.78. The second-order valence-corrected chi connectivity index (χ2v) is 7.58. The van der Waals surface area contributed by atoms with E-state index in [-0.39, 0.29) is 10.7 Å². The van der Waals surface area contributed by atoms with Crippen molar-refractivity contribution < 1.29 is 14.3 Å². The van der Waals surface area contributed by atoms with Gasteiger partial charge in [0.2, 0.25) is 0 Å². The molecule has 1 aliphatic heterocycles. The molecular formula is C24H17ClN2O3S. The molecule has 0 spiro atoms. The Bertz CT molecular complexity index is 1200. The lowest BCUT2D eigenvalue weighted by molar-refractivity contribution is -0.122. The monoisotopic (exact) mass is 448 g/mol. The highest BCUT2D eigenvalue weighted by Crippen LogP contribution is 2.30. The lowest BCUT2D eigenvalue weighted by atomic mass is 10.0. The van der Waals surface area contributed by atoms with Crippen LogP contribution in [0.5, 0.6) is 5.75 Å². The number of nitrogens with one attached hydrogen (secondary N) is 1. The van der Waals surface area contributed by atoms with E-state index in [0.29, 0.717) is 16.3 Å². The van der Waals surface area contributed by atoms with Crippen LogP contribution in [0, 0.1) is 0 Å². The van der Waals surface area contributed by atoms with E-state index in [1.807, 2.05) is 48.5 Å². The molecule has 1 N–H and O–H groups in total. The Morgan fingerprint density at radius 3 is 2.32 bits per heavy atom. The number of anilines is 1. The molecule has 31 heavy (non-hydrogen) atoms. The van der Waals surface area contributed by atoms with Crippen molar-refractivity contribution in [3.05, 3.63) is 89.0 Å². The Kier molecular flexibility index (Phi) is 5.84. The zero-order chi connectivity index (χ0) is 22.0. The van der Waals surface area contributed by atoms with Crippen molar-refractivity contribution in [1.82, 2.24) is 5.32 Å². The van der Waals surface area contributed by atoms with Crippen LogP contribution < -0.4 is 15.0 Å². The van der Waals surface area contributed by atoms with Crippen molar-refractivity contribution >= 4 is 52.5 Å². The first-order valence-electron chi connectivity index (χ1n) is 9.38. The molecule has 1 fully saturated rings. The molecule has 0 unspecified atom stereocenters. The smallest absolute Gasteiger partial charge is 0.270 e. The summed E-state index contributed by atoms with van der Waals surface area (Å²) in [6.07, 6.45) is 1.55. The number of nitrogens with zero attached hydrogens (tertiary/aromatic N) is 1. The highest BCUT2D eigenvalue weighted by Gasteiger charge is 2.34. The first kappa shape index (κ1) is 20.8. The second-order valence-electron chi connectivity index (χ2n) is 6.76. The molecule has 0 atom stereocenters. The van der Waals surface area contributed by atoms with E-state index in [1.54, 1.807) is 37.5 Å². The fourth-order valence-corrected chi connectivity index (χ4v) is 3.70. The van der Waals surface area contributed by atoms with E-state index in [2.05, 4.69) is 5.32 Å². The van der Waals surface area contributed by atoms with Gasteiger partial charge in [-0.3, -0.25) is 19.8 Å². The Morgan fingerprint density at radius 2 is 1.65 bits per heavy atom. The van der Waals surface area contributed by atoms with Gasteiger partial charge >= 0.3 is 0 Å². The van der Waals surface area contributed by atoms with E-state index in [4.69, 9.17) is 28.6 Å². The van der Waals surface area contributed by atoms with Crippen LogP contribution in [0.3, 0.4) is 0 Å². The summed E-state index contributed by atoms with van der Waals surface area (Å²) >= 11 is 11.1. The van der Waals surface area contributed by atoms with Crippen LogP contribution in [0.4, 0.5) is 5.69 Å². The molecule has 1 heterocycles.